The Hall–Kier alpha value is -3.57. The van der Waals surface area contributed by atoms with Gasteiger partial charge in [0.1, 0.15) is 5.82 Å². The summed E-state index contributed by atoms with van der Waals surface area (Å²) in [4.78, 5) is 23.9. The van der Waals surface area contributed by atoms with Crippen molar-refractivity contribution >= 4 is 17.4 Å². The monoisotopic (exact) mass is 444 g/mol. The smallest absolute Gasteiger partial charge is 0.326 e. The van der Waals surface area contributed by atoms with Crippen LogP contribution < -0.4 is 10.7 Å². The highest BCUT2D eigenvalue weighted by Crippen LogP contribution is 2.29. The molecule has 0 spiro atoms. The molecule has 0 bridgehead atoms. The molecule has 1 aliphatic rings. The molecule has 1 amide bonds. The van der Waals surface area contributed by atoms with Crippen molar-refractivity contribution in [3.63, 3.8) is 0 Å². The number of carbonyl (C=O) groups is 1. The van der Waals surface area contributed by atoms with Crippen molar-refractivity contribution in [2.24, 2.45) is 0 Å². The van der Waals surface area contributed by atoms with Gasteiger partial charge in [-0.3, -0.25) is 20.4 Å². The van der Waals surface area contributed by atoms with Crippen LogP contribution in [0.2, 0.25) is 0 Å². The van der Waals surface area contributed by atoms with Crippen LogP contribution in [0.25, 0.3) is 11.3 Å². The SMILES string of the molecule is O=C(Cc1cccc(NN(O)C2CC2)n1)Nc1ccc(-c2cncc(C(F)(F)F)n2)cc1. The van der Waals surface area contributed by atoms with Crippen molar-refractivity contribution in [3.05, 3.63) is 66.2 Å². The van der Waals surface area contributed by atoms with Crippen molar-refractivity contribution in [2.75, 3.05) is 10.7 Å². The number of hydroxylamine groups is 1. The van der Waals surface area contributed by atoms with Gasteiger partial charge in [0.2, 0.25) is 5.91 Å². The van der Waals surface area contributed by atoms with Crippen molar-refractivity contribution in [1.82, 2.24) is 20.1 Å². The summed E-state index contributed by atoms with van der Waals surface area (Å²) in [6.45, 7) is 0. The molecule has 2 aromatic heterocycles. The third-order valence-electron chi connectivity index (χ3n) is 4.66. The molecular weight excluding hydrogens is 425 g/mol. The van der Waals surface area contributed by atoms with Gasteiger partial charge in [-0.05, 0) is 37.1 Å². The molecular formula is C21H19F3N6O2. The van der Waals surface area contributed by atoms with E-state index in [2.05, 4.69) is 25.7 Å². The first-order chi connectivity index (χ1) is 15.3. The van der Waals surface area contributed by atoms with Crippen LogP contribution in [-0.2, 0) is 17.4 Å². The Morgan fingerprint density at radius 1 is 1.09 bits per heavy atom. The lowest BCUT2D eigenvalue weighted by atomic mass is 10.1. The highest BCUT2D eigenvalue weighted by molar-refractivity contribution is 5.92. The van der Waals surface area contributed by atoms with Gasteiger partial charge in [-0.2, -0.15) is 13.2 Å². The molecule has 32 heavy (non-hydrogen) atoms. The predicted octanol–water partition coefficient (Wildman–Crippen LogP) is 3.92. The van der Waals surface area contributed by atoms with E-state index in [1.807, 2.05) is 0 Å². The predicted molar refractivity (Wildman–Crippen MR) is 109 cm³/mol. The van der Waals surface area contributed by atoms with E-state index < -0.39 is 11.9 Å². The van der Waals surface area contributed by atoms with E-state index in [0.717, 1.165) is 18.0 Å². The van der Waals surface area contributed by atoms with Gasteiger partial charge in [0.15, 0.2) is 5.69 Å². The molecule has 3 aromatic rings. The van der Waals surface area contributed by atoms with Gasteiger partial charge < -0.3 is 5.32 Å². The Labute approximate surface area is 181 Å². The van der Waals surface area contributed by atoms with E-state index in [9.17, 15) is 23.2 Å². The number of hydrazine groups is 1. The van der Waals surface area contributed by atoms with Crippen LogP contribution in [0.3, 0.4) is 0 Å². The van der Waals surface area contributed by atoms with E-state index in [-0.39, 0.29) is 24.1 Å². The summed E-state index contributed by atoms with van der Waals surface area (Å²) in [5.74, 6) is 0.112. The Balaban J connectivity index is 1.37. The van der Waals surface area contributed by atoms with Gasteiger partial charge >= 0.3 is 6.18 Å². The van der Waals surface area contributed by atoms with Crippen LogP contribution in [-0.4, -0.2) is 37.3 Å². The number of amides is 1. The summed E-state index contributed by atoms with van der Waals surface area (Å²) in [6, 6.07) is 11.4. The minimum absolute atomic E-state index is 0.00519. The van der Waals surface area contributed by atoms with Gasteiger partial charge in [0.25, 0.3) is 0 Å². The average molecular weight is 444 g/mol. The first-order valence-corrected chi connectivity index (χ1v) is 9.78. The fraction of sp³-hybridized carbons (Fsp3) is 0.238. The van der Waals surface area contributed by atoms with Gasteiger partial charge in [-0.15, -0.1) is 5.17 Å². The second-order valence-corrected chi connectivity index (χ2v) is 7.29. The molecule has 3 N–H and O–H groups in total. The van der Waals surface area contributed by atoms with Crippen molar-refractivity contribution < 1.29 is 23.2 Å². The second kappa shape index (κ2) is 8.89. The minimum atomic E-state index is -4.58. The lowest BCUT2D eigenvalue weighted by Crippen LogP contribution is -2.28. The first kappa shape index (κ1) is 21.7. The van der Waals surface area contributed by atoms with Gasteiger partial charge in [-0.25, -0.2) is 9.97 Å². The number of nitrogens with zero attached hydrogens (tertiary/aromatic N) is 4. The zero-order valence-electron chi connectivity index (χ0n) is 16.7. The number of alkyl halides is 3. The molecule has 1 aliphatic carbocycles. The molecule has 0 unspecified atom stereocenters. The Bertz CT molecular complexity index is 1100. The maximum Gasteiger partial charge on any atom is 0.434 e. The zero-order valence-corrected chi connectivity index (χ0v) is 16.7. The second-order valence-electron chi connectivity index (χ2n) is 7.29. The van der Waals surface area contributed by atoms with Gasteiger partial charge in [0.05, 0.1) is 36.2 Å². The van der Waals surface area contributed by atoms with Gasteiger partial charge in [-0.1, -0.05) is 18.2 Å². The van der Waals surface area contributed by atoms with Crippen molar-refractivity contribution in [1.29, 1.82) is 0 Å². The van der Waals surface area contributed by atoms with E-state index in [1.54, 1.807) is 42.5 Å². The number of rotatable bonds is 7. The van der Waals surface area contributed by atoms with Crippen molar-refractivity contribution in [2.45, 2.75) is 31.5 Å². The van der Waals surface area contributed by atoms with E-state index in [1.165, 1.54) is 6.20 Å². The molecule has 0 saturated heterocycles. The largest absolute Gasteiger partial charge is 0.434 e. The third kappa shape index (κ3) is 5.56. The maximum absolute atomic E-state index is 12.8. The van der Waals surface area contributed by atoms with Crippen LogP contribution in [0.4, 0.5) is 24.7 Å². The zero-order chi connectivity index (χ0) is 22.7. The first-order valence-electron chi connectivity index (χ1n) is 9.78. The molecule has 8 nitrogen and oxygen atoms in total. The molecule has 0 aliphatic heterocycles. The molecule has 1 aromatic carbocycles. The maximum atomic E-state index is 12.8. The molecule has 2 heterocycles. The van der Waals surface area contributed by atoms with Gasteiger partial charge in [0, 0.05) is 11.3 Å². The summed E-state index contributed by atoms with van der Waals surface area (Å²) in [6.07, 6.45) is -0.848. The molecule has 0 atom stereocenters. The standard InChI is InChI=1S/C21H19F3N6O2/c22-21(23,24)18-12-25-11-17(28-18)13-4-6-14(7-5-13)27-20(31)10-15-2-1-3-19(26-15)29-30(32)16-8-9-16/h1-7,11-12,16,32H,8-10H2,(H,26,29)(H,27,31). The normalized spacial score (nSPS) is 13.8. The number of hydrogen-bond donors (Lipinski definition) is 3. The Morgan fingerprint density at radius 3 is 2.53 bits per heavy atom. The summed E-state index contributed by atoms with van der Waals surface area (Å²) < 4.78 is 38.5. The number of benzene rings is 1. The number of aromatic nitrogens is 3. The van der Waals surface area contributed by atoms with E-state index >= 15 is 0 Å². The van der Waals surface area contributed by atoms with E-state index in [4.69, 9.17) is 0 Å². The van der Waals surface area contributed by atoms with Crippen LogP contribution in [0.5, 0.6) is 0 Å². The summed E-state index contributed by atoms with van der Waals surface area (Å²) in [5.41, 5.74) is 3.19. The topological polar surface area (TPSA) is 103 Å². The molecule has 0 radical (unpaired) electrons. The molecule has 1 fully saturated rings. The lowest BCUT2D eigenvalue weighted by molar-refractivity contribution is -0.141. The highest BCUT2D eigenvalue weighted by Gasteiger charge is 2.33. The minimum Gasteiger partial charge on any atom is -0.326 e. The number of carbonyl (C=O) groups excluding carboxylic acids is 1. The number of nitrogens with one attached hydrogen (secondary N) is 2. The lowest BCUT2D eigenvalue weighted by Gasteiger charge is -2.15. The fourth-order valence-corrected chi connectivity index (χ4v) is 2.90. The summed E-state index contributed by atoms with van der Waals surface area (Å²) in [5, 5.41) is 13.5. The summed E-state index contributed by atoms with van der Waals surface area (Å²) in [7, 11) is 0. The fourth-order valence-electron chi connectivity index (χ4n) is 2.90. The number of pyridine rings is 1. The molecule has 1 saturated carbocycles. The molecule has 4 rings (SSSR count). The summed E-state index contributed by atoms with van der Waals surface area (Å²) >= 11 is 0. The van der Waals surface area contributed by atoms with Crippen LogP contribution in [0.15, 0.2) is 54.9 Å². The quantitative estimate of drug-likeness (QED) is 0.475. The average Bonchev–Trinajstić information content (AvgIpc) is 3.59. The Morgan fingerprint density at radius 2 is 1.84 bits per heavy atom. The van der Waals surface area contributed by atoms with Crippen molar-refractivity contribution in [3.8, 4) is 11.3 Å². The molecule has 11 heteroatoms. The third-order valence-corrected chi connectivity index (χ3v) is 4.66. The van der Waals surface area contributed by atoms with Crippen LogP contribution in [0, 0.1) is 0 Å². The number of hydrogen-bond acceptors (Lipinski definition) is 7. The van der Waals surface area contributed by atoms with Crippen LogP contribution >= 0.6 is 0 Å². The molecule has 166 valence electrons. The highest BCUT2D eigenvalue weighted by atomic mass is 19.4. The number of anilines is 2. The van der Waals surface area contributed by atoms with Crippen LogP contribution in [0.1, 0.15) is 24.2 Å². The number of halogens is 3. The Kier molecular flexibility index (Phi) is 6.01. The van der Waals surface area contributed by atoms with E-state index in [0.29, 0.717) is 29.0 Å².